The fourth-order valence-electron chi connectivity index (χ4n) is 7.24. The molecular weight excluding hydrogens is 512 g/mol. The van der Waals surface area contributed by atoms with Gasteiger partial charge in [0.25, 0.3) is 5.91 Å². The van der Waals surface area contributed by atoms with E-state index in [0.29, 0.717) is 23.9 Å². The summed E-state index contributed by atoms with van der Waals surface area (Å²) < 4.78 is 4.22. The Hall–Kier alpha value is -3.20. The number of aryl methyl sites for hydroxylation is 1. The van der Waals surface area contributed by atoms with E-state index in [2.05, 4.69) is 37.6 Å². The lowest BCUT2D eigenvalue weighted by atomic mass is 9.65. The number of benzene rings is 1. The van der Waals surface area contributed by atoms with Gasteiger partial charge in [-0.25, -0.2) is 4.98 Å². The number of nitrogens with one attached hydrogen (secondary N) is 3. The molecule has 220 valence electrons. The summed E-state index contributed by atoms with van der Waals surface area (Å²) in [6.45, 7) is 2.70. The Morgan fingerprint density at radius 3 is 2.59 bits per heavy atom. The molecule has 3 aromatic rings. The summed E-state index contributed by atoms with van der Waals surface area (Å²) in [5, 5.41) is 19.9. The number of carbonyl (C=O) groups is 1. The number of nitrogens with zero attached hydrogens (tertiary/aromatic N) is 5. The molecule has 9 heteroatoms. The molecule has 3 N–H and O–H groups in total. The SMILES string of the molecule is Cn1ccnc1[C@H](NC(=O)c1cccc(NCc2nnc(C3CCNCC34CCCCCCCC4)n2C)c1)C1CC1. The molecule has 3 heterocycles. The predicted octanol–water partition coefficient (Wildman–Crippen LogP) is 5.24. The molecule has 0 bridgehead atoms. The van der Waals surface area contributed by atoms with Crippen LogP contribution in [0.1, 0.15) is 110 Å². The van der Waals surface area contributed by atoms with Crippen molar-refractivity contribution in [3.8, 4) is 0 Å². The Labute approximate surface area is 243 Å². The number of anilines is 1. The fourth-order valence-corrected chi connectivity index (χ4v) is 7.24. The summed E-state index contributed by atoms with van der Waals surface area (Å²) in [6, 6.07) is 7.68. The summed E-state index contributed by atoms with van der Waals surface area (Å²) in [4.78, 5) is 17.8. The summed E-state index contributed by atoms with van der Waals surface area (Å²) in [5.74, 6) is 3.81. The molecule has 2 aromatic heterocycles. The molecule has 6 rings (SSSR count). The molecule has 2 saturated carbocycles. The predicted molar refractivity (Wildman–Crippen MR) is 161 cm³/mol. The number of amides is 1. The van der Waals surface area contributed by atoms with Gasteiger partial charge in [-0.05, 0) is 68.2 Å². The number of imidazole rings is 1. The summed E-state index contributed by atoms with van der Waals surface area (Å²) in [6.07, 6.45) is 17.7. The standard InChI is InChI=1S/C32H46N8O/c1-39-19-18-34-30(39)28(23-12-13-23)36-31(41)24-10-9-11-25(20-24)35-21-27-37-38-29(40(27)2)26-14-17-33-22-32(26)15-7-5-3-4-6-8-16-32/h9-11,18-20,23,26,28,33,35H,3-8,12-17,21-22H2,1-2H3,(H,36,41)/t26?,28-/m1/s1. The monoisotopic (exact) mass is 558 g/mol. The van der Waals surface area contributed by atoms with E-state index in [-0.39, 0.29) is 17.4 Å². The van der Waals surface area contributed by atoms with E-state index < -0.39 is 0 Å². The quantitative estimate of drug-likeness (QED) is 0.350. The molecule has 3 aliphatic rings. The van der Waals surface area contributed by atoms with Crippen LogP contribution in [0.5, 0.6) is 0 Å². The van der Waals surface area contributed by atoms with Gasteiger partial charge in [-0.15, -0.1) is 10.2 Å². The van der Waals surface area contributed by atoms with Crippen molar-refractivity contribution in [3.63, 3.8) is 0 Å². The Balaban J connectivity index is 1.13. The highest BCUT2D eigenvalue weighted by molar-refractivity contribution is 5.95. The van der Waals surface area contributed by atoms with Gasteiger partial charge in [0.05, 0.1) is 12.6 Å². The van der Waals surface area contributed by atoms with Crippen LogP contribution >= 0.6 is 0 Å². The van der Waals surface area contributed by atoms with E-state index in [9.17, 15) is 4.79 Å². The Morgan fingerprint density at radius 2 is 1.85 bits per heavy atom. The third-order valence-electron chi connectivity index (χ3n) is 9.83. The molecule has 9 nitrogen and oxygen atoms in total. The van der Waals surface area contributed by atoms with Crippen LogP contribution in [0, 0.1) is 11.3 Å². The molecule has 1 aromatic carbocycles. The summed E-state index contributed by atoms with van der Waals surface area (Å²) in [7, 11) is 4.10. The molecule has 0 radical (unpaired) electrons. The van der Waals surface area contributed by atoms with Crippen LogP contribution in [-0.2, 0) is 20.6 Å². The smallest absolute Gasteiger partial charge is 0.251 e. The molecule has 1 aliphatic heterocycles. The van der Waals surface area contributed by atoms with Crippen LogP contribution < -0.4 is 16.0 Å². The minimum absolute atomic E-state index is 0.0586. The second kappa shape index (κ2) is 12.3. The van der Waals surface area contributed by atoms with Crippen molar-refractivity contribution in [1.82, 2.24) is 34.9 Å². The van der Waals surface area contributed by atoms with E-state index in [0.717, 1.165) is 55.5 Å². The van der Waals surface area contributed by atoms with Crippen molar-refractivity contribution in [2.24, 2.45) is 25.4 Å². The van der Waals surface area contributed by atoms with Crippen molar-refractivity contribution < 1.29 is 4.79 Å². The first kappa shape index (κ1) is 27.9. The fraction of sp³-hybridized carbons (Fsp3) is 0.625. The van der Waals surface area contributed by atoms with Crippen LogP contribution in [0.3, 0.4) is 0 Å². The summed E-state index contributed by atoms with van der Waals surface area (Å²) >= 11 is 0. The molecular formula is C32H46N8O. The molecule has 1 unspecified atom stereocenters. The van der Waals surface area contributed by atoms with Gasteiger partial charge in [0.1, 0.15) is 11.6 Å². The molecule has 1 spiro atoms. The first-order chi connectivity index (χ1) is 20.0. The zero-order chi connectivity index (χ0) is 28.2. The van der Waals surface area contributed by atoms with Gasteiger partial charge in [0, 0.05) is 50.2 Å². The van der Waals surface area contributed by atoms with Gasteiger partial charge in [-0.1, -0.05) is 44.6 Å². The van der Waals surface area contributed by atoms with Gasteiger partial charge in [-0.2, -0.15) is 0 Å². The third-order valence-corrected chi connectivity index (χ3v) is 9.83. The van der Waals surface area contributed by atoms with Crippen LogP contribution in [0.4, 0.5) is 5.69 Å². The van der Waals surface area contributed by atoms with Gasteiger partial charge in [0.2, 0.25) is 0 Å². The Kier molecular flexibility index (Phi) is 8.42. The van der Waals surface area contributed by atoms with Crippen molar-refractivity contribution >= 4 is 11.6 Å². The minimum Gasteiger partial charge on any atom is -0.378 e. The molecule has 2 aliphatic carbocycles. The first-order valence-corrected chi connectivity index (χ1v) is 15.7. The van der Waals surface area contributed by atoms with Crippen molar-refractivity contribution in [2.75, 3.05) is 18.4 Å². The van der Waals surface area contributed by atoms with Crippen molar-refractivity contribution in [1.29, 1.82) is 0 Å². The Bertz CT molecular complexity index is 1310. The molecule has 1 amide bonds. The number of hydrogen-bond donors (Lipinski definition) is 3. The van der Waals surface area contributed by atoms with Gasteiger partial charge >= 0.3 is 0 Å². The molecule has 3 fully saturated rings. The lowest BCUT2D eigenvalue weighted by molar-refractivity contribution is 0.0929. The highest BCUT2D eigenvalue weighted by Gasteiger charge is 2.43. The average molecular weight is 559 g/mol. The summed E-state index contributed by atoms with van der Waals surface area (Å²) in [5.41, 5.74) is 1.82. The maximum Gasteiger partial charge on any atom is 0.251 e. The second-order valence-electron chi connectivity index (χ2n) is 12.7. The number of hydrogen-bond acceptors (Lipinski definition) is 6. The lowest BCUT2D eigenvalue weighted by Crippen LogP contribution is -2.46. The van der Waals surface area contributed by atoms with Crippen LogP contribution in [0.2, 0.25) is 0 Å². The number of carbonyl (C=O) groups excluding carboxylic acids is 1. The van der Waals surface area contributed by atoms with E-state index >= 15 is 0 Å². The zero-order valence-corrected chi connectivity index (χ0v) is 24.7. The highest BCUT2D eigenvalue weighted by Crippen LogP contribution is 2.48. The van der Waals surface area contributed by atoms with E-state index in [4.69, 9.17) is 5.10 Å². The highest BCUT2D eigenvalue weighted by atomic mass is 16.1. The number of piperidine rings is 1. The van der Waals surface area contributed by atoms with Crippen molar-refractivity contribution in [3.05, 3.63) is 59.7 Å². The maximum atomic E-state index is 13.3. The lowest BCUT2D eigenvalue weighted by Gasteiger charge is -2.44. The Morgan fingerprint density at radius 1 is 1.07 bits per heavy atom. The van der Waals surface area contributed by atoms with Crippen molar-refractivity contribution in [2.45, 2.75) is 89.1 Å². The average Bonchev–Trinajstić information content (AvgIpc) is 3.61. The largest absolute Gasteiger partial charge is 0.378 e. The van der Waals surface area contributed by atoms with E-state index in [1.54, 1.807) is 6.20 Å². The van der Waals surface area contributed by atoms with Gasteiger partial charge in [0.15, 0.2) is 5.82 Å². The maximum absolute atomic E-state index is 13.3. The van der Waals surface area contributed by atoms with Crippen LogP contribution in [-0.4, -0.2) is 43.3 Å². The second-order valence-corrected chi connectivity index (χ2v) is 12.7. The third kappa shape index (κ3) is 6.20. The minimum atomic E-state index is -0.0688. The first-order valence-electron chi connectivity index (χ1n) is 15.7. The zero-order valence-electron chi connectivity index (χ0n) is 24.7. The van der Waals surface area contributed by atoms with Gasteiger partial charge in [-0.3, -0.25) is 4.79 Å². The molecule has 2 atom stereocenters. The number of aromatic nitrogens is 5. The number of rotatable bonds is 8. The normalized spacial score (nSPS) is 22.0. The van der Waals surface area contributed by atoms with Gasteiger partial charge < -0.3 is 25.1 Å². The topological polar surface area (TPSA) is 102 Å². The van der Waals surface area contributed by atoms with Crippen LogP contribution in [0.25, 0.3) is 0 Å². The van der Waals surface area contributed by atoms with Crippen LogP contribution in [0.15, 0.2) is 36.7 Å². The molecule has 41 heavy (non-hydrogen) atoms. The van der Waals surface area contributed by atoms with E-state index in [1.165, 1.54) is 51.4 Å². The molecule has 1 saturated heterocycles. The van der Waals surface area contributed by atoms with E-state index in [1.807, 2.05) is 42.1 Å².